The van der Waals surface area contributed by atoms with Crippen LogP contribution in [0.15, 0.2) is 36.7 Å². The second-order valence-corrected chi connectivity index (χ2v) is 6.20. The molecule has 1 fully saturated rings. The fraction of sp³-hybridized carbons (Fsp3) is 0.444. The van der Waals surface area contributed by atoms with Crippen LogP contribution in [0.2, 0.25) is 0 Å². The van der Waals surface area contributed by atoms with Gasteiger partial charge in [-0.2, -0.15) is 0 Å². The monoisotopic (exact) mass is 328 g/mol. The van der Waals surface area contributed by atoms with Gasteiger partial charge < -0.3 is 19.9 Å². The van der Waals surface area contributed by atoms with Crippen molar-refractivity contribution in [3.63, 3.8) is 0 Å². The number of unbranched alkanes of at least 4 members (excludes halogenated alkanes) is 1. The third-order valence-electron chi connectivity index (χ3n) is 4.29. The summed E-state index contributed by atoms with van der Waals surface area (Å²) < 4.78 is 2.14. The quantitative estimate of drug-likeness (QED) is 0.886. The zero-order valence-electron chi connectivity index (χ0n) is 14.0. The highest BCUT2D eigenvalue weighted by molar-refractivity contribution is 5.90. The molecule has 2 N–H and O–H groups in total. The van der Waals surface area contributed by atoms with E-state index in [2.05, 4.69) is 21.8 Å². The summed E-state index contributed by atoms with van der Waals surface area (Å²) in [6, 6.07) is 7.56. The lowest BCUT2D eigenvalue weighted by Crippen LogP contribution is -2.33. The van der Waals surface area contributed by atoms with Crippen molar-refractivity contribution < 1.29 is 9.90 Å². The molecule has 1 aliphatic rings. The number of hydrogen-bond donors (Lipinski definition) is 2. The lowest BCUT2D eigenvalue weighted by atomic mass is 10.2. The Hall–Kier alpha value is -2.34. The molecule has 0 radical (unpaired) electrons. The van der Waals surface area contributed by atoms with Gasteiger partial charge in [0.1, 0.15) is 5.82 Å². The predicted molar refractivity (Wildman–Crippen MR) is 93.8 cm³/mol. The zero-order valence-corrected chi connectivity index (χ0v) is 14.0. The summed E-state index contributed by atoms with van der Waals surface area (Å²) in [5.74, 6) is 0.913. The van der Waals surface area contributed by atoms with E-state index in [1.807, 2.05) is 36.7 Å². The van der Waals surface area contributed by atoms with Crippen LogP contribution in [0.1, 0.15) is 26.2 Å². The number of benzene rings is 1. The van der Waals surface area contributed by atoms with Crippen LogP contribution in [-0.2, 0) is 6.54 Å². The number of aromatic nitrogens is 2. The summed E-state index contributed by atoms with van der Waals surface area (Å²) in [6.07, 6.45) is 6.27. The van der Waals surface area contributed by atoms with Crippen molar-refractivity contribution in [1.29, 1.82) is 0 Å². The van der Waals surface area contributed by atoms with Crippen LogP contribution in [-0.4, -0.2) is 44.8 Å². The molecule has 1 aromatic carbocycles. The van der Waals surface area contributed by atoms with E-state index < -0.39 is 6.10 Å². The lowest BCUT2D eigenvalue weighted by Gasteiger charge is -2.17. The van der Waals surface area contributed by atoms with E-state index in [1.54, 1.807) is 4.90 Å². The van der Waals surface area contributed by atoms with Crippen LogP contribution >= 0.6 is 0 Å². The van der Waals surface area contributed by atoms with Gasteiger partial charge in [0.2, 0.25) is 0 Å². The fourth-order valence-corrected chi connectivity index (χ4v) is 2.94. The number of anilines is 1. The Kier molecular flexibility index (Phi) is 5.15. The number of likely N-dealkylation sites (tertiary alicyclic amines) is 1. The minimum Gasteiger partial charge on any atom is -0.391 e. The van der Waals surface area contributed by atoms with E-state index in [9.17, 15) is 9.90 Å². The van der Waals surface area contributed by atoms with Crippen molar-refractivity contribution in [2.45, 2.75) is 38.8 Å². The van der Waals surface area contributed by atoms with E-state index in [1.165, 1.54) is 0 Å². The number of imidazole rings is 1. The van der Waals surface area contributed by atoms with Crippen molar-refractivity contribution in [2.75, 3.05) is 18.4 Å². The maximum absolute atomic E-state index is 12.2. The molecule has 0 aliphatic carbocycles. The van der Waals surface area contributed by atoms with Crippen LogP contribution in [0.5, 0.6) is 0 Å². The predicted octanol–water partition coefficient (Wildman–Crippen LogP) is 2.95. The number of nitrogens with one attached hydrogen (secondary N) is 1. The van der Waals surface area contributed by atoms with Crippen LogP contribution in [0.4, 0.5) is 10.5 Å². The Labute approximate surface area is 142 Å². The average molecular weight is 328 g/mol. The first-order valence-corrected chi connectivity index (χ1v) is 8.53. The first-order valence-electron chi connectivity index (χ1n) is 8.53. The van der Waals surface area contributed by atoms with E-state index in [0.717, 1.165) is 36.5 Å². The van der Waals surface area contributed by atoms with E-state index in [-0.39, 0.29) is 6.03 Å². The van der Waals surface area contributed by atoms with Gasteiger partial charge >= 0.3 is 6.03 Å². The van der Waals surface area contributed by atoms with E-state index in [4.69, 9.17) is 0 Å². The summed E-state index contributed by atoms with van der Waals surface area (Å²) in [5.41, 5.74) is 1.72. The van der Waals surface area contributed by atoms with Gasteiger partial charge in [-0.25, -0.2) is 9.78 Å². The largest absolute Gasteiger partial charge is 0.391 e. The molecule has 1 aromatic heterocycles. The van der Waals surface area contributed by atoms with Gasteiger partial charge in [0.15, 0.2) is 0 Å². The second-order valence-electron chi connectivity index (χ2n) is 6.20. The molecule has 2 amide bonds. The topological polar surface area (TPSA) is 70.4 Å². The Morgan fingerprint density at radius 3 is 3.08 bits per heavy atom. The number of urea groups is 1. The second kappa shape index (κ2) is 7.49. The van der Waals surface area contributed by atoms with Crippen molar-refractivity contribution in [1.82, 2.24) is 14.5 Å². The molecule has 6 heteroatoms. The van der Waals surface area contributed by atoms with Crippen molar-refractivity contribution in [3.8, 4) is 11.4 Å². The van der Waals surface area contributed by atoms with Crippen molar-refractivity contribution in [2.24, 2.45) is 0 Å². The van der Waals surface area contributed by atoms with Gasteiger partial charge in [-0.3, -0.25) is 0 Å². The minimum atomic E-state index is -0.409. The normalized spacial score (nSPS) is 17.2. The van der Waals surface area contributed by atoms with Gasteiger partial charge in [0.05, 0.1) is 6.10 Å². The van der Waals surface area contributed by atoms with Crippen LogP contribution in [0.3, 0.4) is 0 Å². The number of aliphatic hydroxyl groups excluding tert-OH is 1. The highest BCUT2D eigenvalue weighted by atomic mass is 16.3. The molecule has 128 valence electrons. The summed E-state index contributed by atoms with van der Waals surface area (Å²) in [6.45, 7) is 4.09. The van der Waals surface area contributed by atoms with Crippen LogP contribution in [0.25, 0.3) is 11.4 Å². The number of aryl methyl sites for hydroxylation is 1. The zero-order chi connectivity index (χ0) is 16.9. The van der Waals surface area contributed by atoms with Gasteiger partial charge in [0, 0.05) is 43.3 Å². The summed E-state index contributed by atoms with van der Waals surface area (Å²) in [5, 5.41) is 12.5. The standard InChI is InChI=1S/C18H24N4O2/c1-2-3-9-21-11-8-19-17(21)14-5-4-6-15(12-14)20-18(24)22-10-7-16(23)13-22/h4-6,8,11-12,16,23H,2-3,7,9-10,13H2,1H3,(H,20,24). The fourth-order valence-electron chi connectivity index (χ4n) is 2.94. The minimum absolute atomic E-state index is 0.168. The average Bonchev–Trinajstić information content (AvgIpc) is 3.22. The van der Waals surface area contributed by atoms with Crippen LogP contribution < -0.4 is 5.32 Å². The van der Waals surface area contributed by atoms with Gasteiger partial charge in [-0.1, -0.05) is 25.5 Å². The highest BCUT2D eigenvalue weighted by Crippen LogP contribution is 2.22. The first kappa shape index (κ1) is 16.5. The number of nitrogens with zero attached hydrogens (tertiary/aromatic N) is 3. The molecule has 2 aromatic rings. The van der Waals surface area contributed by atoms with E-state index >= 15 is 0 Å². The maximum atomic E-state index is 12.2. The molecule has 1 unspecified atom stereocenters. The number of rotatable bonds is 5. The molecule has 1 aliphatic heterocycles. The maximum Gasteiger partial charge on any atom is 0.321 e. The van der Waals surface area contributed by atoms with Crippen molar-refractivity contribution >= 4 is 11.7 Å². The molecule has 1 saturated heterocycles. The smallest absolute Gasteiger partial charge is 0.321 e. The molecule has 2 heterocycles. The van der Waals surface area contributed by atoms with Gasteiger partial charge in [-0.15, -0.1) is 0 Å². The molecule has 3 rings (SSSR count). The Morgan fingerprint density at radius 1 is 1.46 bits per heavy atom. The van der Waals surface area contributed by atoms with Gasteiger partial charge in [-0.05, 0) is 25.0 Å². The van der Waals surface area contributed by atoms with E-state index in [0.29, 0.717) is 19.5 Å². The molecule has 6 nitrogen and oxygen atoms in total. The number of aliphatic hydroxyl groups is 1. The Morgan fingerprint density at radius 2 is 2.33 bits per heavy atom. The summed E-state index contributed by atoms with van der Waals surface area (Å²) in [4.78, 5) is 18.3. The molecule has 0 spiro atoms. The number of β-amino-alcohol motifs (C(OH)–C–C–N with tert-alkyl or cyclic N) is 1. The number of carbonyl (C=O) groups excluding carboxylic acids is 1. The molecule has 24 heavy (non-hydrogen) atoms. The molecular formula is C18H24N4O2. The summed E-state index contributed by atoms with van der Waals surface area (Å²) in [7, 11) is 0. The SMILES string of the molecule is CCCCn1ccnc1-c1cccc(NC(=O)N2CCC(O)C2)c1. The Balaban J connectivity index is 1.72. The van der Waals surface area contributed by atoms with Gasteiger partial charge in [0.25, 0.3) is 0 Å². The highest BCUT2D eigenvalue weighted by Gasteiger charge is 2.24. The number of amides is 2. The first-order chi connectivity index (χ1) is 11.7. The third kappa shape index (κ3) is 3.76. The summed E-state index contributed by atoms with van der Waals surface area (Å²) >= 11 is 0. The molecule has 1 atom stereocenters. The van der Waals surface area contributed by atoms with Crippen LogP contribution in [0, 0.1) is 0 Å². The number of carbonyl (C=O) groups is 1. The molecule has 0 saturated carbocycles. The number of hydrogen-bond acceptors (Lipinski definition) is 3. The third-order valence-corrected chi connectivity index (χ3v) is 4.29. The lowest BCUT2D eigenvalue weighted by molar-refractivity contribution is 0.176. The molecular weight excluding hydrogens is 304 g/mol. The Bertz CT molecular complexity index is 698. The van der Waals surface area contributed by atoms with Crippen molar-refractivity contribution in [3.05, 3.63) is 36.7 Å². The molecule has 0 bridgehead atoms.